The van der Waals surface area contributed by atoms with Gasteiger partial charge in [0.05, 0.1) is 4.99 Å². The molecule has 0 aromatic rings. The highest BCUT2D eigenvalue weighted by molar-refractivity contribution is 7.80. The molecule has 86 valence electrons. The van der Waals surface area contributed by atoms with E-state index in [4.69, 9.17) is 23.7 Å². The van der Waals surface area contributed by atoms with Crippen molar-refractivity contribution in [2.24, 2.45) is 23.3 Å². The minimum atomic E-state index is -0.169. The standard InChI is InChI=1S/C10H19N3OS/c1-7(10(12)15)6-13-4-2-8(3-5-13)9(11)14/h7-8H,2-6H2,1H3,(H2,11,14)(H2,12,15). The minimum absolute atomic E-state index is 0.0568. The molecule has 0 aliphatic carbocycles. The Labute approximate surface area is 96.0 Å². The van der Waals surface area contributed by atoms with Crippen LogP contribution < -0.4 is 11.5 Å². The highest BCUT2D eigenvalue weighted by atomic mass is 32.1. The van der Waals surface area contributed by atoms with Crippen LogP contribution in [0.4, 0.5) is 0 Å². The molecule has 0 spiro atoms. The van der Waals surface area contributed by atoms with Crippen LogP contribution in [0.2, 0.25) is 0 Å². The van der Waals surface area contributed by atoms with Gasteiger partial charge in [0, 0.05) is 18.4 Å². The fourth-order valence-electron chi connectivity index (χ4n) is 1.88. The van der Waals surface area contributed by atoms with Crippen molar-refractivity contribution in [2.45, 2.75) is 19.8 Å². The zero-order chi connectivity index (χ0) is 11.4. The summed E-state index contributed by atoms with van der Waals surface area (Å²) < 4.78 is 0. The van der Waals surface area contributed by atoms with Crippen LogP contribution in [0, 0.1) is 11.8 Å². The summed E-state index contributed by atoms with van der Waals surface area (Å²) in [5.74, 6) is 0.128. The van der Waals surface area contributed by atoms with Crippen LogP contribution in [0.25, 0.3) is 0 Å². The van der Waals surface area contributed by atoms with Crippen LogP contribution in [0.5, 0.6) is 0 Å². The van der Waals surface area contributed by atoms with Gasteiger partial charge in [-0.2, -0.15) is 0 Å². The van der Waals surface area contributed by atoms with Crippen LogP contribution in [0.1, 0.15) is 19.8 Å². The number of piperidine rings is 1. The predicted octanol–water partition coefficient (Wildman–Crippen LogP) is 0.106. The number of hydrogen-bond donors (Lipinski definition) is 2. The lowest BCUT2D eigenvalue weighted by atomic mass is 9.95. The van der Waals surface area contributed by atoms with Crippen molar-refractivity contribution in [3.63, 3.8) is 0 Å². The highest BCUT2D eigenvalue weighted by Crippen LogP contribution is 2.17. The number of primary amides is 1. The van der Waals surface area contributed by atoms with E-state index >= 15 is 0 Å². The second-order valence-electron chi connectivity index (χ2n) is 4.28. The first kappa shape index (κ1) is 12.4. The van der Waals surface area contributed by atoms with Crippen LogP contribution in [-0.4, -0.2) is 35.4 Å². The Balaban J connectivity index is 2.31. The predicted molar refractivity (Wildman–Crippen MR) is 64.3 cm³/mol. The van der Waals surface area contributed by atoms with Crippen molar-refractivity contribution in [2.75, 3.05) is 19.6 Å². The van der Waals surface area contributed by atoms with E-state index < -0.39 is 0 Å². The van der Waals surface area contributed by atoms with Crippen LogP contribution in [-0.2, 0) is 4.79 Å². The van der Waals surface area contributed by atoms with Crippen molar-refractivity contribution < 1.29 is 4.79 Å². The number of amides is 1. The maximum atomic E-state index is 11.0. The summed E-state index contributed by atoms with van der Waals surface area (Å²) in [7, 11) is 0. The SMILES string of the molecule is CC(CN1CCC(C(N)=O)CC1)C(N)=S. The summed E-state index contributed by atoms with van der Waals surface area (Å²) in [4.78, 5) is 13.8. The minimum Gasteiger partial charge on any atom is -0.393 e. The second kappa shape index (κ2) is 5.42. The summed E-state index contributed by atoms with van der Waals surface area (Å²) >= 11 is 4.93. The van der Waals surface area contributed by atoms with Crippen LogP contribution >= 0.6 is 12.2 Å². The van der Waals surface area contributed by atoms with Gasteiger partial charge in [-0.25, -0.2) is 0 Å². The number of likely N-dealkylation sites (tertiary alicyclic amines) is 1. The van der Waals surface area contributed by atoms with Crippen molar-refractivity contribution in [1.82, 2.24) is 4.90 Å². The number of thiocarbonyl (C=S) groups is 1. The Kier molecular flexibility index (Phi) is 4.47. The topological polar surface area (TPSA) is 72.3 Å². The largest absolute Gasteiger partial charge is 0.393 e. The summed E-state index contributed by atoms with van der Waals surface area (Å²) in [5.41, 5.74) is 10.8. The fraction of sp³-hybridized carbons (Fsp3) is 0.800. The molecule has 1 heterocycles. The summed E-state index contributed by atoms with van der Waals surface area (Å²) in [6.45, 7) is 4.75. The van der Waals surface area contributed by atoms with Gasteiger partial charge in [0.15, 0.2) is 0 Å². The molecule has 1 fully saturated rings. The van der Waals surface area contributed by atoms with Gasteiger partial charge in [0.1, 0.15) is 0 Å². The van der Waals surface area contributed by atoms with Crippen molar-refractivity contribution in [3.8, 4) is 0 Å². The molecule has 1 aliphatic rings. The Hall–Kier alpha value is -0.680. The zero-order valence-electron chi connectivity index (χ0n) is 9.11. The molecule has 1 unspecified atom stereocenters. The second-order valence-corrected chi connectivity index (χ2v) is 4.75. The molecule has 1 atom stereocenters. The van der Waals surface area contributed by atoms with E-state index in [0.29, 0.717) is 4.99 Å². The molecular formula is C10H19N3OS. The first-order valence-electron chi connectivity index (χ1n) is 5.31. The molecule has 0 saturated carbocycles. The third-order valence-corrected chi connectivity index (χ3v) is 3.41. The molecule has 1 aliphatic heterocycles. The van der Waals surface area contributed by atoms with Gasteiger partial charge in [0.2, 0.25) is 5.91 Å². The van der Waals surface area contributed by atoms with Crippen molar-refractivity contribution in [3.05, 3.63) is 0 Å². The van der Waals surface area contributed by atoms with Crippen molar-refractivity contribution >= 4 is 23.1 Å². The third-order valence-electron chi connectivity index (χ3n) is 3.01. The number of carbonyl (C=O) groups excluding carboxylic acids is 1. The lowest BCUT2D eigenvalue weighted by molar-refractivity contribution is -0.123. The number of rotatable bonds is 4. The average Bonchev–Trinajstić information content (AvgIpc) is 2.18. The van der Waals surface area contributed by atoms with Gasteiger partial charge in [-0.3, -0.25) is 4.79 Å². The molecule has 4 N–H and O–H groups in total. The highest BCUT2D eigenvalue weighted by Gasteiger charge is 2.24. The number of nitrogens with zero attached hydrogens (tertiary/aromatic N) is 1. The Morgan fingerprint density at radius 3 is 2.40 bits per heavy atom. The van der Waals surface area contributed by atoms with Gasteiger partial charge < -0.3 is 16.4 Å². The monoisotopic (exact) mass is 229 g/mol. The van der Waals surface area contributed by atoms with E-state index in [1.54, 1.807) is 0 Å². The maximum absolute atomic E-state index is 11.0. The molecule has 0 radical (unpaired) electrons. The van der Waals surface area contributed by atoms with Gasteiger partial charge in [-0.05, 0) is 25.9 Å². The lowest BCUT2D eigenvalue weighted by Gasteiger charge is -2.32. The normalized spacial score (nSPS) is 21.1. The summed E-state index contributed by atoms with van der Waals surface area (Å²) in [5, 5.41) is 0. The number of carbonyl (C=O) groups is 1. The van der Waals surface area contributed by atoms with Crippen LogP contribution in [0.3, 0.4) is 0 Å². The zero-order valence-corrected chi connectivity index (χ0v) is 9.93. The van der Waals surface area contributed by atoms with E-state index in [9.17, 15) is 4.79 Å². The van der Waals surface area contributed by atoms with Gasteiger partial charge in [0.25, 0.3) is 0 Å². The van der Waals surface area contributed by atoms with Gasteiger partial charge in [-0.15, -0.1) is 0 Å². The molecule has 15 heavy (non-hydrogen) atoms. The van der Waals surface area contributed by atoms with E-state index in [-0.39, 0.29) is 17.7 Å². The van der Waals surface area contributed by atoms with E-state index in [1.165, 1.54) is 0 Å². The lowest BCUT2D eigenvalue weighted by Crippen LogP contribution is -2.42. The smallest absolute Gasteiger partial charge is 0.220 e. The molecule has 0 aromatic heterocycles. The molecule has 4 nitrogen and oxygen atoms in total. The fourth-order valence-corrected chi connectivity index (χ4v) is 1.95. The molecule has 1 rings (SSSR count). The van der Waals surface area contributed by atoms with Crippen LogP contribution in [0.15, 0.2) is 0 Å². The first-order chi connectivity index (χ1) is 7.00. The molecule has 1 saturated heterocycles. The van der Waals surface area contributed by atoms with Gasteiger partial charge >= 0.3 is 0 Å². The summed E-state index contributed by atoms with van der Waals surface area (Å²) in [6.07, 6.45) is 1.72. The molecule has 0 aromatic carbocycles. The number of nitrogens with two attached hydrogens (primary N) is 2. The Morgan fingerprint density at radius 2 is 2.00 bits per heavy atom. The van der Waals surface area contributed by atoms with Gasteiger partial charge in [-0.1, -0.05) is 19.1 Å². The molecule has 1 amide bonds. The van der Waals surface area contributed by atoms with E-state index in [1.807, 2.05) is 6.92 Å². The van der Waals surface area contributed by atoms with Crippen molar-refractivity contribution in [1.29, 1.82) is 0 Å². The number of hydrogen-bond acceptors (Lipinski definition) is 3. The maximum Gasteiger partial charge on any atom is 0.220 e. The van der Waals surface area contributed by atoms with E-state index in [0.717, 1.165) is 32.5 Å². The first-order valence-corrected chi connectivity index (χ1v) is 5.72. The molecule has 0 bridgehead atoms. The summed E-state index contributed by atoms with van der Waals surface area (Å²) in [6, 6.07) is 0. The third kappa shape index (κ3) is 3.76. The average molecular weight is 229 g/mol. The Morgan fingerprint density at radius 1 is 1.47 bits per heavy atom. The molecular weight excluding hydrogens is 210 g/mol. The Bertz CT molecular complexity index is 249. The quantitative estimate of drug-likeness (QED) is 0.671. The molecule has 5 heteroatoms. The van der Waals surface area contributed by atoms with E-state index in [2.05, 4.69) is 4.90 Å².